The Morgan fingerprint density at radius 3 is 1.94 bits per heavy atom. The summed E-state index contributed by atoms with van der Waals surface area (Å²) in [5.41, 5.74) is 2.40. The minimum atomic E-state index is -0.409. The largest absolute Gasteiger partial charge is 0.462 e. The number of benzene rings is 3. The quantitative estimate of drug-likeness (QED) is 0.467. The number of esters is 1. The first-order valence-corrected chi connectivity index (χ1v) is 10.2. The van der Waals surface area contributed by atoms with Crippen molar-refractivity contribution in [2.75, 3.05) is 16.8 Å². The molecule has 0 atom stereocenters. The molecule has 1 aliphatic heterocycles. The van der Waals surface area contributed by atoms with Crippen molar-refractivity contribution in [2.24, 2.45) is 0 Å². The molecule has 0 saturated heterocycles. The van der Waals surface area contributed by atoms with E-state index >= 15 is 0 Å². The van der Waals surface area contributed by atoms with E-state index in [0.29, 0.717) is 40.2 Å². The van der Waals surface area contributed by atoms with E-state index in [1.54, 1.807) is 72.8 Å². The zero-order chi connectivity index (χ0) is 22.7. The number of nitrogens with one attached hydrogen (secondary N) is 1. The molecule has 1 heterocycles. The Morgan fingerprint density at radius 1 is 0.812 bits per heavy atom. The van der Waals surface area contributed by atoms with Crippen LogP contribution in [0.4, 0.5) is 11.4 Å². The molecule has 0 bridgehead atoms. The molecule has 160 valence electrons. The number of hydrogen-bond acceptors (Lipinski definition) is 5. The highest BCUT2D eigenvalue weighted by Crippen LogP contribution is 2.28. The van der Waals surface area contributed by atoms with Crippen LogP contribution in [0.2, 0.25) is 0 Å². The average Bonchev–Trinajstić information content (AvgIpc) is 3.08. The predicted molar refractivity (Wildman–Crippen MR) is 119 cm³/mol. The summed E-state index contributed by atoms with van der Waals surface area (Å²) in [5, 5.41) is 2.75. The van der Waals surface area contributed by atoms with Crippen LogP contribution in [0, 0.1) is 0 Å². The molecule has 0 fully saturated rings. The van der Waals surface area contributed by atoms with Gasteiger partial charge in [-0.3, -0.25) is 14.4 Å². The highest BCUT2D eigenvalue weighted by molar-refractivity contribution is 6.34. The molecule has 3 aromatic carbocycles. The molecule has 4 rings (SSSR count). The smallest absolute Gasteiger partial charge is 0.338 e. The molecule has 0 aromatic heterocycles. The number of carbonyl (C=O) groups excluding carboxylic acids is 4. The predicted octanol–water partition coefficient (Wildman–Crippen LogP) is 4.31. The van der Waals surface area contributed by atoms with Crippen LogP contribution in [0.15, 0.2) is 72.8 Å². The molecule has 0 aliphatic carbocycles. The van der Waals surface area contributed by atoms with Gasteiger partial charge in [0.15, 0.2) is 0 Å². The summed E-state index contributed by atoms with van der Waals surface area (Å²) in [6.45, 7) is 2.27. The number of carbonyl (C=O) groups is 4. The summed E-state index contributed by atoms with van der Waals surface area (Å²) < 4.78 is 5.08. The minimum absolute atomic E-state index is 0.355. The maximum Gasteiger partial charge on any atom is 0.338 e. The first kappa shape index (κ1) is 21.0. The van der Waals surface area contributed by atoms with Crippen LogP contribution in [-0.2, 0) is 4.74 Å². The van der Waals surface area contributed by atoms with Crippen molar-refractivity contribution in [3.05, 3.63) is 95.1 Å². The minimum Gasteiger partial charge on any atom is -0.462 e. The molecule has 0 unspecified atom stereocenters. The molecule has 1 N–H and O–H groups in total. The SMILES string of the molecule is CCCOC(=O)c1ccc(NC(=O)c2ccc(N3C(=O)c4ccccc4C3=O)cc2)cc1. The van der Waals surface area contributed by atoms with Gasteiger partial charge in [-0.15, -0.1) is 0 Å². The van der Waals surface area contributed by atoms with E-state index in [4.69, 9.17) is 4.74 Å². The Bertz CT molecular complexity index is 1160. The van der Waals surface area contributed by atoms with Gasteiger partial charge in [0.2, 0.25) is 0 Å². The molecule has 3 amide bonds. The fourth-order valence-electron chi connectivity index (χ4n) is 3.36. The van der Waals surface area contributed by atoms with E-state index in [9.17, 15) is 19.2 Å². The lowest BCUT2D eigenvalue weighted by molar-refractivity contribution is 0.0504. The Balaban J connectivity index is 1.44. The number of nitrogens with zero attached hydrogens (tertiary/aromatic N) is 1. The lowest BCUT2D eigenvalue weighted by Gasteiger charge is -2.14. The molecule has 0 saturated carbocycles. The Hall–Kier alpha value is -4.26. The third kappa shape index (κ3) is 4.00. The van der Waals surface area contributed by atoms with Crippen molar-refractivity contribution in [1.29, 1.82) is 0 Å². The van der Waals surface area contributed by atoms with Crippen LogP contribution in [0.25, 0.3) is 0 Å². The summed E-state index contributed by atoms with van der Waals surface area (Å²) in [5.74, 6) is -1.55. The first-order valence-electron chi connectivity index (χ1n) is 10.2. The Labute approximate surface area is 184 Å². The second-order valence-corrected chi connectivity index (χ2v) is 7.21. The second kappa shape index (κ2) is 8.85. The van der Waals surface area contributed by atoms with Gasteiger partial charge in [-0.05, 0) is 67.1 Å². The summed E-state index contributed by atoms with van der Waals surface area (Å²) in [6.07, 6.45) is 0.742. The van der Waals surface area contributed by atoms with Crippen LogP contribution < -0.4 is 10.2 Å². The third-order valence-corrected chi connectivity index (χ3v) is 5.00. The van der Waals surface area contributed by atoms with Crippen molar-refractivity contribution in [2.45, 2.75) is 13.3 Å². The number of anilines is 2. The maximum absolute atomic E-state index is 12.6. The lowest BCUT2D eigenvalue weighted by Crippen LogP contribution is -2.29. The number of imide groups is 1. The second-order valence-electron chi connectivity index (χ2n) is 7.21. The summed E-state index contributed by atoms with van der Waals surface area (Å²) in [6, 6.07) is 19.3. The van der Waals surface area contributed by atoms with Gasteiger partial charge in [0.1, 0.15) is 0 Å². The van der Waals surface area contributed by atoms with Gasteiger partial charge in [-0.25, -0.2) is 9.69 Å². The molecule has 7 nitrogen and oxygen atoms in total. The van der Waals surface area contributed by atoms with Gasteiger partial charge in [-0.2, -0.15) is 0 Å². The van der Waals surface area contributed by atoms with Gasteiger partial charge in [0, 0.05) is 11.3 Å². The van der Waals surface area contributed by atoms with Gasteiger partial charge in [0.05, 0.1) is 29.0 Å². The standard InChI is InChI=1S/C25H20N2O5/c1-2-15-32-25(31)17-7-11-18(12-8-17)26-22(28)16-9-13-19(14-10-16)27-23(29)20-5-3-4-6-21(20)24(27)30/h3-14H,2,15H2,1H3,(H,26,28). The Kier molecular flexibility index (Phi) is 5.81. The molecular formula is C25H20N2O5. The fraction of sp³-hybridized carbons (Fsp3) is 0.120. The van der Waals surface area contributed by atoms with Crippen LogP contribution >= 0.6 is 0 Å². The average molecular weight is 428 g/mol. The molecular weight excluding hydrogens is 408 g/mol. The van der Waals surface area contributed by atoms with Crippen molar-refractivity contribution in [3.63, 3.8) is 0 Å². The van der Waals surface area contributed by atoms with Gasteiger partial charge in [0.25, 0.3) is 17.7 Å². The van der Waals surface area contributed by atoms with Crippen LogP contribution in [0.1, 0.15) is 54.8 Å². The van der Waals surface area contributed by atoms with Crippen molar-refractivity contribution in [1.82, 2.24) is 0 Å². The molecule has 1 aliphatic rings. The maximum atomic E-state index is 12.6. The van der Waals surface area contributed by atoms with Crippen LogP contribution in [0.3, 0.4) is 0 Å². The monoisotopic (exact) mass is 428 g/mol. The zero-order valence-corrected chi connectivity index (χ0v) is 17.3. The van der Waals surface area contributed by atoms with Gasteiger partial charge >= 0.3 is 5.97 Å². The van der Waals surface area contributed by atoms with Crippen LogP contribution in [0.5, 0.6) is 0 Å². The van der Waals surface area contributed by atoms with Crippen molar-refractivity contribution >= 4 is 35.1 Å². The highest BCUT2D eigenvalue weighted by atomic mass is 16.5. The van der Waals surface area contributed by atoms with Crippen LogP contribution in [-0.4, -0.2) is 30.3 Å². The number of rotatable bonds is 6. The molecule has 0 radical (unpaired) electrons. The molecule has 3 aromatic rings. The zero-order valence-electron chi connectivity index (χ0n) is 17.3. The van der Waals surface area contributed by atoms with Crippen molar-refractivity contribution in [3.8, 4) is 0 Å². The number of hydrogen-bond donors (Lipinski definition) is 1. The van der Waals surface area contributed by atoms with E-state index in [0.717, 1.165) is 11.3 Å². The topological polar surface area (TPSA) is 92.8 Å². The summed E-state index contributed by atoms with van der Waals surface area (Å²) in [4.78, 5) is 50.7. The number of ether oxygens (including phenoxy) is 1. The lowest BCUT2D eigenvalue weighted by atomic mass is 10.1. The van der Waals surface area contributed by atoms with E-state index in [2.05, 4.69) is 5.32 Å². The number of amides is 3. The van der Waals surface area contributed by atoms with E-state index in [1.807, 2.05) is 6.92 Å². The highest BCUT2D eigenvalue weighted by Gasteiger charge is 2.36. The fourth-order valence-corrected chi connectivity index (χ4v) is 3.36. The molecule has 32 heavy (non-hydrogen) atoms. The van der Waals surface area contributed by atoms with Gasteiger partial charge in [-0.1, -0.05) is 19.1 Å². The molecule has 0 spiro atoms. The number of fused-ring (bicyclic) bond motifs is 1. The normalized spacial score (nSPS) is 12.5. The van der Waals surface area contributed by atoms with Crippen molar-refractivity contribution < 1.29 is 23.9 Å². The van der Waals surface area contributed by atoms with E-state index in [1.165, 1.54) is 0 Å². The summed E-state index contributed by atoms with van der Waals surface area (Å²) in [7, 11) is 0. The third-order valence-electron chi connectivity index (χ3n) is 5.00. The van der Waals surface area contributed by atoms with Gasteiger partial charge < -0.3 is 10.1 Å². The van der Waals surface area contributed by atoms with E-state index in [-0.39, 0.29) is 17.7 Å². The molecule has 7 heteroatoms. The summed E-state index contributed by atoms with van der Waals surface area (Å²) >= 11 is 0. The van der Waals surface area contributed by atoms with E-state index < -0.39 is 5.97 Å². The first-order chi connectivity index (χ1) is 15.5. The Morgan fingerprint density at radius 2 is 1.38 bits per heavy atom.